The van der Waals surface area contributed by atoms with Crippen LogP contribution in [0.3, 0.4) is 0 Å². The van der Waals surface area contributed by atoms with E-state index in [1.165, 1.54) is 0 Å². The van der Waals surface area contributed by atoms with Crippen LogP contribution in [0.1, 0.15) is 18.4 Å². The normalized spacial score (nSPS) is 13.0. The summed E-state index contributed by atoms with van der Waals surface area (Å²) >= 11 is 0. The molecule has 0 spiro atoms. The van der Waals surface area contributed by atoms with Gasteiger partial charge in [0.2, 0.25) is 5.91 Å². The summed E-state index contributed by atoms with van der Waals surface area (Å²) in [5.74, 6) is 1.30. The van der Waals surface area contributed by atoms with Gasteiger partial charge in [-0.1, -0.05) is 30.3 Å². The number of amides is 3. The highest BCUT2D eigenvalue weighted by Gasteiger charge is 2.23. The molecule has 1 aliphatic rings. The Kier molecular flexibility index (Phi) is 5.51. The summed E-state index contributed by atoms with van der Waals surface area (Å²) in [5.41, 5.74) is 0.908. The zero-order valence-corrected chi connectivity index (χ0v) is 13.8. The number of hydrogen-bond donors (Lipinski definition) is 3. The van der Waals surface area contributed by atoms with Crippen molar-refractivity contribution in [2.75, 3.05) is 6.54 Å². The Balaban J connectivity index is 1.43. The molecular weight excluding hydrogens is 318 g/mol. The Morgan fingerprint density at radius 3 is 2.48 bits per heavy atom. The monoisotopic (exact) mass is 339 g/mol. The standard InChI is InChI=1S/C19H21N3O3/c23-18(22-15-9-10-15)13-21-19(24)20-12-14-5-4-8-17(11-14)25-16-6-2-1-3-7-16/h1-8,11,15H,9-10,12-13H2,(H,22,23)(H2,20,21,24). The van der Waals surface area contributed by atoms with Gasteiger partial charge in [-0.15, -0.1) is 0 Å². The third kappa shape index (κ3) is 5.84. The topological polar surface area (TPSA) is 79.5 Å². The average molecular weight is 339 g/mol. The van der Waals surface area contributed by atoms with E-state index < -0.39 is 0 Å². The second-order valence-corrected chi connectivity index (χ2v) is 5.94. The summed E-state index contributed by atoms with van der Waals surface area (Å²) in [5, 5.41) is 8.09. The van der Waals surface area contributed by atoms with Crippen LogP contribution in [0.5, 0.6) is 11.5 Å². The first-order valence-corrected chi connectivity index (χ1v) is 8.32. The zero-order valence-electron chi connectivity index (χ0n) is 13.8. The van der Waals surface area contributed by atoms with Gasteiger partial charge in [0, 0.05) is 12.6 Å². The molecule has 0 atom stereocenters. The largest absolute Gasteiger partial charge is 0.457 e. The van der Waals surface area contributed by atoms with E-state index in [2.05, 4.69) is 16.0 Å². The van der Waals surface area contributed by atoms with Crippen LogP contribution in [-0.2, 0) is 11.3 Å². The molecule has 3 amide bonds. The summed E-state index contributed by atoms with van der Waals surface area (Å²) in [6.07, 6.45) is 2.05. The molecule has 0 bridgehead atoms. The Morgan fingerprint density at radius 1 is 0.960 bits per heavy atom. The fourth-order valence-corrected chi connectivity index (χ4v) is 2.26. The van der Waals surface area contributed by atoms with Crippen molar-refractivity contribution in [2.24, 2.45) is 0 Å². The second kappa shape index (κ2) is 8.19. The van der Waals surface area contributed by atoms with Gasteiger partial charge in [-0.2, -0.15) is 0 Å². The summed E-state index contributed by atoms with van der Waals surface area (Å²) in [6.45, 7) is 0.335. The molecule has 6 heteroatoms. The van der Waals surface area contributed by atoms with Crippen LogP contribution < -0.4 is 20.7 Å². The van der Waals surface area contributed by atoms with Crippen LogP contribution in [0.25, 0.3) is 0 Å². The Hall–Kier alpha value is -3.02. The van der Waals surface area contributed by atoms with E-state index in [-0.39, 0.29) is 18.5 Å². The number of benzene rings is 2. The maximum Gasteiger partial charge on any atom is 0.315 e. The molecule has 0 unspecified atom stereocenters. The zero-order chi connectivity index (χ0) is 17.5. The molecule has 1 fully saturated rings. The van der Waals surface area contributed by atoms with Gasteiger partial charge in [0.05, 0.1) is 6.54 Å². The maximum atomic E-state index is 11.8. The first kappa shape index (κ1) is 16.8. The average Bonchev–Trinajstić information content (AvgIpc) is 3.43. The fraction of sp³-hybridized carbons (Fsp3) is 0.263. The molecule has 3 N–H and O–H groups in total. The highest BCUT2D eigenvalue weighted by molar-refractivity contribution is 5.84. The third-order valence-corrected chi connectivity index (χ3v) is 3.68. The highest BCUT2D eigenvalue weighted by Crippen LogP contribution is 2.21. The van der Waals surface area contributed by atoms with E-state index in [9.17, 15) is 9.59 Å². The number of hydrogen-bond acceptors (Lipinski definition) is 3. The van der Waals surface area contributed by atoms with E-state index in [0.29, 0.717) is 18.3 Å². The minimum absolute atomic E-state index is 0.0144. The molecular formula is C19H21N3O3. The van der Waals surface area contributed by atoms with Crippen molar-refractivity contribution >= 4 is 11.9 Å². The van der Waals surface area contributed by atoms with Crippen molar-refractivity contribution < 1.29 is 14.3 Å². The van der Waals surface area contributed by atoms with E-state index in [1.807, 2.05) is 54.6 Å². The van der Waals surface area contributed by atoms with Gasteiger partial charge in [0.15, 0.2) is 0 Å². The maximum absolute atomic E-state index is 11.8. The number of para-hydroxylation sites is 1. The smallest absolute Gasteiger partial charge is 0.315 e. The molecule has 25 heavy (non-hydrogen) atoms. The lowest BCUT2D eigenvalue weighted by Crippen LogP contribution is -2.42. The van der Waals surface area contributed by atoms with E-state index in [1.54, 1.807) is 0 Å². The summed E-state index contributed by atoms with van der Waals surface area (Å²) in [6, 6.07) is 16.9. The number of ether oxygens (including phenoxy) is 1. The molecule has 0 aromatic heterocycles. The number of rotatable bonds is 7. The van der Waals surface area contributed by atoms with Crippen LogP contribution in [0.2, 0.25) is 0 Å². The van der Waals surface area contributed by atoms with Crippen molar-refractivity contribution in [1.82, 2.24) is 16.0 Å². The van der Waals surface area contributed by atoms with Crippen molar-refractivity contribution in [3.63, 3.8) is 0 Å². The molecule has 1 saturated carbocycles. The fourth-order valence-electron chi connectivity index (χ4n) is 2.26. The molecule has 0 saturated heterocycles. The Labute approximate surface area is 146 Å². The lowest BCUT2D eigenvalue weighted by atomic mass is 10.2. The first-order chi connectivity index (χ1) is 12.2. The number of urea groups is 1. The molecule has 2 aromatic rings. The van der Waals surface area contributed by atoms with Gasteiger partial charge >= 0.3 is 6.03 Å². The van der Waals surface area contributed by atoms with Gasteiger partial charge in [-0.05, 0) is 42.7 Å². The van der Waals surface area contributed by atoms with Crippen LogP contribution >= 0.6 is 0 Å². The molecule has 6 nitrogen and oxygen atoms in total. The first-order valence-electron chi connectivity index (χ1n) is 8.32. The lowest BCUT2D eigenvalue weighted by molar-refractivity contribution is -0.120. The summed E-state index contributed by atoms with van der Waals surface area (Å²) in [7, 11) is 0. The third-order valence-electron chi connectivity index (χ3n) is 3.68. The predicted octanol–water partition coefficient (Wildman–Crippen LogP) is 2.56. The number of carbonyl (C=O) groups excluding carboxylic acids is 2. The highest BCUT2D eigenvalue weighted by atomic mass is 16.5. The molecule has 3 rings (SSSR count). The van der Waals surface area contributed by atoms with Crippen molar-refractivity contribution in [2.45, 2.75) is 25.4 Å². The molecule has 0 radical (unpaired) electrons. The molecule has 0 aliphatic heterocycles. The van der Waals surface area contributed by atoms with Gasteiger partial charge in [0.25, 0.3) is 0 Å². The van der Waals surface area contributed by atoms with Crippen LogP contribution in [0, 0.1) is 0 Å². The van der Waals surface area contributed by atoms with Crippen LogP contribution in [0.4, 0.5) is 4.79 Å². The number of carbonyl (C=O) groups is 2. The van der Waals surface area contributed by atoms with Gasteiger partial charge in [0.1, 0.15) is 11.5 Å². The predicted molar refractivity (Wildman–Crippen MR) is 94.4 cm³/mol. The van der Waals surface area contributed by atoms with E-state index >= 15 is 0 Å². The number of nitrogens with one attached hydrogen (secondary N) is 3. The van der Waals surface area contributed by atoms with Crippen LogP contribution in [-0.4, -0.2) is 24.5 Å². The van der Waals surface area contributed by atoms with E-state index in [0.717, 1.165) is 24.2 Å². The minimum Gasteiger partial charge on any atom is -0.457 e. The molecule has 130 valence electrons. The van der Waals surface area contributed by atoms with Gasteiger partial charge < -0.3 is 20.7 Å². The SMILES string of the molecule is O=C(CNC(=O)NCc1cccc(Oc2ccccc2)c1)NC1CC1. The van der Waals surface area contributed by atoms with E-state index in [4.69, 9.17) is 4.74 Å². The lowest BCUT2D eigenvalue weighted by Gasteiger charge is -2.10. The summed E-state index contributed by atoms with van der Waals surface area (Å²) < 4.78 is 5.77. The minimum atomic E-state index is -0.375. The van der Waals surface area contributed by atoms with Crippen molar-refractivity contribution in [1.29, 1.82) is 0 Å². The van der Waals surface area contributed by atoms with Crippen molar-refractivity contribution in [3.05, 3.63) is 60.2 Å². The molecule has 1 aliphatic carbocycles. The van der Waals surface area contributed by atoms with Crippen molar-refractivity contribution in [3.8, 4) is 11.5 Å². The van der Waals surface area contributed by atoms with Crippen LogP contribution in [0.15, 0.2) is 54.6 Å². The molecule has 0 heterocycles. The summed E-state index contributed by atoms with van der Waals surface area (Å²) in [4.78, 5) is 23.3. The molecule has 2 aromatic carbocycles. The quantitative estimate of drug-likeness (QED) is 0.725. The Bertz CT molecular complexity index is 730. The van der Waals surface area contributed by atoms with Gasteiger partial charge in [-0.25, -0.2) is 4.79 Å². The Morgan fingerprint density at radius 2 is 1.72 bits per heavy atom. The van der Waals surface area contributed by atoms with Gasteiger partial charge in [-0.3, -0.25) is 4.79 Å². The second-order valence-electron chi connectivity index (χ2n) is 5.94.